The number of nitrogens with zero attached hydrogens (tertiary/aromatic N) is 3. The topological polar surface area (TPSA) is 84.6 Å². The molecule has 1 amide bonds. The Balaban J connectivity index is 0.00000289. The SMILES string of the molecule is CCC(C(=O)O)C(=O)N(C)CCc1cnc[n-]1.[Pd]. The van der Waals surface area contributed by atoms with E-state index in [4.69, 9.17) is 5.11 Å². The number of hydrogen-bond acceptors (Lipinski definition) is 3. The molecule has 0 fully saturated rings. The molecule has 1 unspecified atom stereocenters. The number of carboxylic acid groups (broad SMARTS) is 1. The molecular formula is C11H16N3O3Pd-. The van der Waals surface area contributed by atoms with E-state index in [-0.39, 0.29) is 26.3 Å². The van der Waals surface area contributed by atoms with Gasteiger partial charge < -0.3 is 20.0 Å². The zero-order valence-electron chi connectivity index (χ0n) is 10.3. The van der Waals surface area contributed by atoms with E-state index < -0.39 is 11.9 Å². The number of imidazole rings is 1. The number of carbonyl (C=O) groups is 2. The number of hydrogen-bond donors (Lipinski definition) is 1. The van der Waals surface area contributed by atoms with E-state index in [0.29, 0.717) is 19.4 Å². The van der Waals surface area contributed by atoms with Crippen LogP contribution in [0.5, 0.6) is 0 Å². The Morgan fingerprint density at radius 1 is 1.56 bits per heavy atom. The summed E-state index contributed by atoms with van der Waals surface area (Å²) in [6.07, 6.45) is 3.96. The molecule has 0 aromatic carbocycles. The second kappa shape index (κ2) is 8.01. The first-order chi connectivity index (χ1) is 8.06. The summed E-state index contributed by atoms with van der Waals surface area (Å²) in [6.45, 7) is 2.13. The van der Waals surface area contributed by atoms with Gasteiger partial charge >= 0.3 is 5.97 Å². The summed E-state index contributed by atoms with van der Waals surface area (Å²) in [4.78, 5) is 31.8. The van der Waals surface area contributed by atoms with E-state index in [9.17, 15) is 9.59 Å². The Morgan fingerprint density at radius 3 is 2.67 bits per heavy atom. The molecule has 0 saturated heterocycles. The molecule has 0 spiro atoms. The molecule has 0 bridgehead atoms. The first-order valence-corrected chi connectivity index (χ1v) is 5.45. The van der Waals surface area contributed by atoms with Crippen LogP contribution in [0.1, 0.15) is 19.0 Å². The van der Waals surface area contributed by atoms with Gasteiger partial charge in [0.2, 0.25) is 5.91 Å². The van der Waals surface area contributed by atoms with Gasteiger partial charge in [-0.05, 0) is 12.8 Å². The molecule has 7 heteroatoms. The van der Waals surface area contributed by atoms with E-state index in [1.165, 1.54) is 11.2 Å². The fourth-order valence-corrected chi connectivity index (χ4v) is 1.50. The van der Waals surface area contributed by atoms with Gasteiger partial charge in [0.05, 0.1) is 0 Å². The summed E-state index contributed by atoms with van der Waals surface area (Å²) < 4.78 is 0. The van der Waals surface area contributed by atoms with Crippen molar-refractivity contribution in [1.82, 2.24) is 14.9 Å². The molecule has 0 aliphatic rings. The number of carbonyl (C=O) groups excluding carboxylic acids is 1. The molecular weight excluding hydrogens is 329 g/mol. The number of carboxylic acids is 1. The van der Waals surface area contributed by atoms with Crippen LogP contribution in [0, 0.1) is 5.92 Å². The maximum atomic E-state index is 11.8. The van der Waals surface area contributed by atoms with Gasteiger partial charge in [-0.3, -0.25) is 9.59 Å². The third-order valence-electron chi connectivity index (χ3n) is 2.60. The zero-order valence-corrected chi connectivity index (χ0v) is 11.8. The van der Waals surface area contributed by atoms with Crippen LogP contribution in [0.4, 0.5) is 0 Å². The molecule has 1 atom stereocenters. The maximum Gasteiger partial charge on any atom is 0.316 e. The fraction of sp³-hybridized carbons (Fsp3) is 0.545. The van der Waals surface area contributed by atoms with E-state index in [1.807, 2.05) is 0 Å². The molecule has 1 heterocycles. The molecule has 1 aromatic heterocycles. The summed E-state index contributed by atoms with van der Waals surface area (Å²) in [5.74, 6) is -2.39. The second-order valence-corrected chi connectivity index (χ2v) is 3.82. The molecule has 104 valence electrons. The van der Waals surface area contributed by atoms with Gasteiger partial charge in [0.25, 0.3) is 0 Å². The average molecular weight is 345 g/mol. The van der Waals surface area contributed by atoms with Crippen molar-refractivity contribution in [2.45, 2.75) is 19.8 Å². The van der Waals surface area contributed by atoms with Gasteiger partial charge in [0, 0.05) is 34.0 Å². The minimum Gasteiger partial charge on any atom is -0.481 e. The van der Waals surface area contributed by atoms with Crippen LogP contribution in [0.3, 0.4) is 0 Å². The van der Waals surface area contributed by atoms with Gasteiger partial charge in [-0.1, -0.05) is 25.1 Å². The van der Waals surface area contributed by atoms with Crippen molar-refractivity contribution in [2.75, 3.05) is 13.6 Å². The monoisotopic (exact) mass is 344 g/mol. The van der Waals surface area contributed by atoms with Gasteiger partial charge in [0.1, 0.15) is 5.92 Å². The van der Waals surface area contributed by atoms with Crippen molar-refractivity contribution in [2.24, 2.45) is 5.92 Å². The van der Waals surface area contributed by atoms with Crippen LogP contribution in [-0.4, -0.2) is 40.5 Å². The van der Waals surface area contributed by atoms with E-state index >= 15 is 0 Å². The largest absolute Gasteiger partial charge is 0.481 e. The number of rotatable bonds is 6. The summed E-state index contributed by atoms with van der Waals surface area (Å²) in [5, 5.41) is 8.87. The number of aliphatic carboxylic acids is 1. The third-order valence-corrected chi connectivity index (χ3v) is 2.60. The third kappa shape index (κ3) is 4.59. The van der Waals surface area contributed by atoms with Crippen LogP contribution >= 0.6 is 0 Å². The standard InChI is InChI=1S/C11H17N3O3.Pd/c1-3-9(11(16)17)10(15)14(2)5-4-8-6-12-7-13-8;/h6-7,9H,3-5H2,1-2H3,(H2,12,13,16,17);/p-1. The van der Waals surface area contributed by atoms with Gasteiger partial charge in [-0.2, -0.15) is 0 Å². The fourth-order valence-electron chi connectivity index (χ4n) is 1.50. The van der Waals surface area contributed by atoms with E-state index in [1.54, 1.807) is 20.2 Å². The minimum atomic E-state index is -1.07. The first kappa shape index (κ1) is 16.8. The Hall–Kier alpha value is -1.19. The summed E-state index contributed by atoms with van der Waals surface area (Å²) >= 11 is 0. The first-order valence-electron chi connectivity index (χ1n) is 5.45. The molecule has 0 saturated carbocycles. The second-order valence-electron chi connectivity index (χ2n) is 3.82. The molecule has 6 nitrogen and oxygen atoms in total. The van der Waals surface area contributed by atoms with Crippen molar-refractivity contribution in [3.05, 3.63) is 18.2 Å². The Bertz CT molecular complexity index is 381. The predicted molar refractivity (Wildman–Crippen MR) is 60.3 cm³/mol. The minimum absolute atomic E-state index is 0. The summed E-state index contributed by atoms with van der Waals surface area (Å²) in [6, 6.07) is 0. The molecule has 1 N–H and O–H groups in total. The van der Waals surface area contributed by atoms with Gasteiger partial charge in [-0.25, -0.2) is 0 Å². The molecule has 1 aromatic rings. The number of aromatic nitrogens is 2. The molecule has 0 aliphatic heterocycles. The van der Waals surface area contributed by atoms with E-state index in [2.05, 4.69) is 9.97 Å². The summed E-state index contributed by atoms with van der Waals surface area (Å²) in [7, 11) is 1.60. The Labute approximate surface area is 119 Å². The van der Waals surface area contributed by atoms with Crippen molar-refractivity contribution in [3.8, 4) is 0 Å². The quantitative estimate of drug-likeness (QED) is 0.586. The van der Waals surface area contributed by atoms with Crippen molar-refractivity contribution >= 4 is 11.9 Å². The Morgan fingerprint density at radius 2 is 2.22 bits per heavy atom. The molecule has 0 aliphatic carbocycles. The van der Waals surface area contributed by atoms with Crippen LogP contribution in [-0.2, 0) is 36.4 Å². The average Bonchev–Trinajstić information content (AvgIpc) is 2.78. The van der Waals surface area contributed by atoms with Gasteiger partial charge in [0.15, 0.2) is 0 Å². The summed E-state index contributed by atoms with van der Waals surface area (Å²) in [5.41, 5.74) is 0.799. The number of amides is 1. The Kier molecular flexibility index (Phi) is 7.48. The van der Waals surface area contributed by atoms with Crippen LogP contribution in [0.25, 0.3) is 0 Å². The van der Waals surface area contributed by atoms with Crippen molar-refractivity contribution < 1.29 is 35.1 Å². The van der Waals surface area contributed by atoms with Gasteiger partial charge in [-0.15, -0.1) is 0 Å². The molecule has 18 heavy (non-hydrogen) atoms. The van der Waals surface area contributed by atoms with Crippen LogP contribution in [0.15, 0.2) is 12.5 Å². The van der Waals surface area contributed by atoms with E-state index in [0.717, 1.165) is 5.69 Å². The maximum absolute atomic E-state index is 11.8. The van der Waals surface area contributed by atoms with Crippen molar-refractivity contribution in [3.63, 3.8) is 0 Å². The molecule has 0 radical (unpaired) electrons. The van der Waals surface area contributed by atoms with Crippen LogP contribution < -0.4 is 4.98 Å². The van der Waals surface area contributed by atoms with Crippen molar-refractivity contribution in [1.29, 1.82) is 0 Å². The number of likely N-dealkylation sites (N-methyl/N-ethyl adjacent to an activating group) is 1. The normalized spacial score (nSPS) is 11.4. The zero-order chi connectivity index (χ0) is 12.8. The van der Waals surface area contributed by atoms with Crippen LogP contribution in [0.2, 0.25) is 0 Å². The predicted octanol–water partition coefficient (Wildman–Crippen LogP) is 0.148. The molecule has 1 rings (SSSR count). The smallest absolute Gasteiger partial charge is 0.316 e.